The Bertz CT molecular complexity index is 858. The molecule has 0 radical (unpaired) electrons. The van der Waals surface area contributed by atoms with Crippen LogP contribution >= 0.6 is 11.6 Å². The Morgan fingerprint density at radius 3 is 2.00 bits per heavy atom. The summed E-state index contributed by atoms with van der Waals surface area (Å²) in [6.45, 7) is 0. The lowest BCUT2D eigenvalue weighted by Gasteiger charge is -2.28. The van der Waals surface area contributed by atoms with Gasteiger partial charge in [-0.3, -0.25) is 4.79 Å². The molecule has 0 aliphatic heterocycles. The van der Waals surface area contributed by atoms with Gasteiger partial charge in [0, 0.05) is 5.02 Å². The molecular weight excluding hydrogens is 350 g/mol. The molecule has 132 valence electrons. The van der Waals surface area contributed by atoms with E-state index in [2.05, 4.69) is 5.32 Å². The molecule has 3 aromatic rings. The average Bonchev–Trinajstić information content (AvgIpc) is 2.69. The van der Waals surface area contributed by atoms with Crippen LogP contribution < -0.4 is 10.1 Å². The number of anilines is 1. The molecule has 1 amide bonds. The summed E-state index contributed by atoms with van der Waals surface area (Å²) in [4.78, 5) is 13.2. The minimum absolute atomic E-state index is 0.385. The molecular formula is C21H18ClNO3. The number of hydrogen-bond donors (Lipinski definition) is 2. The molecule has 26 heavy (non-hydrogen) atoms. The first kappa shape index (κ1) is 18.0. The van der Waals surface area contributed by atoms with Crippen molar-refractivity contribution < 1.29 is 14.6 Å². The number of ether oxygens (including phenoxy) is 1. The molecule has 2 N–H and O–H groups in total. The first-order chi connectivity index (χ1) is 12.6. The van der Waals surface area contributed by atoms with Crippen LogP contribution in [-0.4, -0.2) is 18.1 Å². The SMILES string of the molecule is COc1ccc(Cl)cc1NC(=O)C(O)(c1ccccc1)c1ccccc1. The fourth-order valence-corrected chi connectivity index (χ4v) is 2.95. The minimum atomic E-state index is -1.87. The summed E-state index contributed by atoms with van der Waals surface area (Å²) in [5.41, 5.74) is -0.555. The summed E-state index contributed by atoms with van der Waals surface area (Å²) in [6.07, 6.45) is 0. The number of aliphatic hydroxyl groups is 1. The lowest BCUT2D eigenvalue weighted by molar-refractivity contribution is -0.131. The lowest BCUT2D eigenvalue weighted by Crippen LogP contribution is -2.41. The number of rotatable bonds is 5. The molecule has 5 heteroatoms. The van der Waals surface area contributed by atoms with Crippen molar-refractivity contribution in [2.24, 2.45) is 0 Å². The van der Waals surface area contributed by atoms with Crippen LogP contribution in [0.5, 0.6) is 5.75 Å². The Morgan fingerprint density at radius 2 is 1.50 bits per heavy atom. The number of nitrogens with one attached hydrogen (secondary N) is 1. The van der Waals surface area contributed by atoms with Gasteiger partial charge >= 0.3 is 0 Å². The monoisotopic (exact) mass is 367 g/mol. The predicted octanol–water partition coefficient (Wildman–Crippen LogP) is 4.22. The predicted molar refractivity (Wildman–Crippen MR) is 103 cm³/mol. The van der Waals surface area contributed by atoms with Crippen LogP contribution in [0.2, 0.25) is 5.02 Å². The summed E-state index contributed by atoms with van der Waals surface area (Å²) < 4.78 is 5.27. The molecule has 0 unspecified atom stereocenters. The van der Waals surface area contributed by atoms with Crippen LogP contribution in [0.25, 0.3) is 0 Å². The van der Waals surface area contributed by atoms with Gasteiger partial charge in [-0.1, -0.05) is 72.3 Å². The number of carbonyl (C=O) groups is 1. The number of amides is 1. The largest absolute Gasteiger partial charge is 0.495 e. The van der Waals surface area contributed by atoms with E-state index in [4.69, 9.17) is 16.3 Å². The van der Waals surface area contributed by atoms with E-state index in [1.165, 1.54) is 7.11 Å². The fraction of sp³-hybridized carbons (Fsp3) is 0.0952. The number of halogens is 1. The molecule has 0 heterocycles. The number of carbonyl (C=O) groups excluding carboxylic acids is 1. The Hall–Kier alpha value is -2.82. The highest BCUT2D eigenvalue weighted by Gasteiger charge is 2.40. The molecule has 0 aliphatic rings. The van der Waals surface area contributed by atoms with Gasteiger partial charge in [-0.05, 0) is 29.3 Å². The second kappa shape index (κ2) is 7.60. The zero-order valence-electron chi connectivity index (χ0n) is 14.1. The van der Waals surface area contributed by atoms with Gasteiger partial charge < -0.3 is 15.2 Å². The van der Waals surface area contributed by atoms with Gasteiger partial charge in [-0.25, -0.2) is 0 Å². The normalized spacial score (nSPS) is 11.0. The molecule has 0 aromatic heterocycles. The highest BCUT2D eigenvalue weighted by molar-refractivity contribution is 6.31. The van der Waals surface area contributed by atoms with Crippen LogP contribution in [-0.2, 0) is 10.4 Å². The Morgan fingerprint density at radius 1 is 0.962 bits per heavy atom. The topological polar surface area (TPSA) is 58.6 Å². The van der Waals surface area contributed by atoms with E-state index in [0.29, 0.717) is 27.6 Å². The van der Waals surface area contributed by atoms with Crippen molar-refractivity contribution in [1.29, 1.82) is 0 Å². The minimum Gasteiger partial charge on any atom is -0.495 e. The highest BCUT2D eigenvalue weighted by atomic mass is 35.5. The van der Waals surface area contributed by atoms with Crippen molar-refractivity contribution in [3.8, 4) is 5.75 Å². The van der Waals surface area contributed by atoms with E-state index in [1.807, 2.05) is 12.1 Å². The van der Waals surface area contributed by atoms with Gasteiger partial charge in [0.25, 0.3) is 5.91 Å². The molecule has 3 rings (SSSR count). The second-order valence-electron chi connectivity index (χ2n) is 5.74. The number of methoxy groups -OCH3 is 1. The third kappa shape index (κ3) is 3.43. The van der Waals surface area contributed by atoms with E-state index in [-0.39, 0.29) is 0 Å². The maximum Gasteiger partial charge on any atom is 0.265 e. The van der Waals surface area contributed by atoms with E-state index in [9.17, 15) is 9.90 Å². The zero-order chi connectivity index (χ0) is 18.6. The van der Waals surface area contributed by atoms with Crippen LogP contribution in [0.15, 0.2) is 78.9 Å². The van der Waals surface area contributed by atoms with Gasteiger partial charge in [0.1, 0.15) is 5.75 Å². The maximum atomic E-state index is 13.2. The van der Waals surface area contributed by atoms with Crippen molar-refractivity contribution in [3.63, 3.8) is 0 Å². The summed E-state index contributed by atoms with van der Waals surface area (Å²) in [5.74, 6) is -0.151. The summed E-state index contributed by atoms with van der Waals surface area (Å²) in [7, 11) is 1.50. The molecule has 0 saturated heterocycles. The van der Waals surface area contributed by atoms with Gasteiger partial charge in [0.05, 0.1) is 12.8 Å². The molecule has 0 atom stereocenters. The van der Waals surface area contributed by atoms with Gasteiger partial charge in [0.15, 0.2) is 5.60 Å². The molecule has 3 aromatic carbocycles. The van der Waals surface area contributed by atoms with Crippen LogP contribution in [0, 0.1) is 0 Å². The van der Waals surface area contributed by atoms with E-state index < -0.39 is 11.5 Å². The highest BCUT2D eigenvalue weighted by Crippen LogP contribution is 2.34. The molecule has 0 bridgehead atoms. The third-order valence-corrected chi connectivity index (χ3v) is 4.36. The van der Waals surface area contributed by atoms with Gasteiger partial charge in [0.2, 0.25) is 0 Å². The smallest absolute Gasteiger partial charge is 0.265 e. The standard InChI is InChI=1S/C21H18ClNO3/c1-26-19-13-12-17(22)14-18(19)23-20(24)21(25,15-8-4-2-5-9-15)16-10-6-3-7-11-16/h2-14,25H,1H3,(H,23,24). The van der Waals surface area contributed by atoms with Crippen molar-refractivity contribution in [2.45, 2.75) is 5.60 Å². The molecule has 0 fully saturated rings. The van der Waals surface area contributed by atoms with Gasteiger partial charge in [-0.2, -0.15) is 0 Å². The fourth-order valence-electron chi connectivity index (χ4n) is 2.78. The van der Waals surface area contributed by atoms with Crippen LogP contribution in [0.3, 0.4) is 0 Å². The summed E-state index contributed by atoms with van der Waals surface area (Å²) in [5, 5.41) is 14.6. The summed E-state index contributed by atoms with van der Waals surface area (Å²) in [6, 6.07) is 22.5. The van der Waals surface area contributed by atoms with E-state index in [1.54, 1.807) is 66.7 Å². The van der Waals surface area contributed by atoms with E-state index >= 15 is 0 Å². The Labute approximate surface area is 157 Å². The van der Waals surface area contributed by atoms with Gasteiger partial charge in [-0.15, -0.1) is 0 Å². The number of benzene rings is 3. The van der Waals surface area contributed by atoms with Crippen molar-refractivity contribution in [3.05, 3.63) is 95.0 Å². The second-order valence-corrected chi connectivity index (χ2v) is 6.18. The summed E-state index contributed by atoms with van der Waals surface area (Å²) >= 11 is 6.04. The maximum absolute atomic E-state index is 13.2. The molecule has 0 spiro atoms. The molecule has 4 nitrogen and oxygen atoms in total. The van der Waals surface area contributed by atoms with Crippen LogP contribution in [0.4, 0.5) is 5.69 Å². The molecule has 0 aliphatic carbocycles. The van der Waals surface area contributed by atoms with Crippen molar-refractivity contribution >= 4 is 23.2 Å². The van der Waals surface area contributed by atoms with E-state index in [0.717, 1.165) is 0 Å². The van der Waals surface area contributed by atoms with Crippen LogP contribution in [0.1, 0.15) is 11.1 Å². The average molecular weight is 368 g/mol. The molecule has 0 saturated carbocycles. The quantitative estimate of drug-likeness (QED) is 0.709. The lowest BCUT2D eigenvalue weighted by atomic mass is 9.85. The Kier molecular flexibility index (Phi) is 5.26. The number of hydrogen-bond acceptors (Lipinski definition) is 3. The zero-order valence-corrected chi connectivity index (χ0v) is 14.9. The Balaban J connectivity index is 2.06. The third-order valence-electron chi connectivity index (χ3n) is 4.12. The van der Waals surface area contributed by atoms with Crippen molar-refractivity contribution in [1.82, 2.24) is 0 Å². The first-order valence-corrected chi connectivity index (χ1v) is 8.42. The first-order valence-electron chi connectivity index (χ1n) is 8.04. The van der Waals surface area contributed by atoms with Crippen molar-refractivity contribution in [2.75, 3.05) is 12.4 Å².